The summed E-state index contributed by atoms with van der Waals surface area (Å²) >= 11 is 0. The highest BCUT2D eigenvalue weighted by Gasteiger charge is 2.24. The fourth-order valence-corrected chi connectivity index (χ4v) is 3.09. The van der Waals surface area contributed by atoms with Gasteiger partial charge in [0.25, 0.3) is 0 Å². The Morgan fingerprint density at radius 2 is 1.96 bits per heavy atom. The molecule has 1 atom stereocenters. The molecule has 0 radical (unpaired) electrons. The van der Waals surface area contributed by atoms with Crippen LogP contribution in [0.1, 0.15) is 25.5 Å². The molecule has 0 bridgehead atoms. The molecule has 9 nitrogen and oxygen atoms in total. The standard InChI is InChI=1S/C18H33N7O2/c1-6-19-17(24-8-10-25(11-9-24)18(26)27-7-2)20-13-16(22(3)4)15-12-21-23(5)14-15/h12,14,16H,6-11,13H2,1-5H3,(H,19,20). The third-order valence-electron chi connectivity index (χ3n) is 4.59. The van der Waals surface area contributed by atoms with Crippen molar-refractivity contribution in [3.63, 3.8) is 0 Å². The Morgan fingerprint density at radius 3 is 2.48 bits per heavy atom. The van der Waals surface area contributed by atoms with Crippen LogP contribution >= 0.6 is 0 Å². The SMILES string of the molecule is CCNC(=NCC(c1cnn(C)c1)N(C)C)N1CCN(C(=O)OCC)CC1. The van der Waals surface area contributed by atoms with Gasteiger partial charge in [-0.1, -0.05) is 0 Å². The number of nitrogens with one attached hydrogen (secondary N) is 1. The Balaban J connectivity index is 2.02. The van der Waals surface area contributed by atoms with Crippen LogP contribution in [0.5, 0.6) is 0 Å². The summed E-state index contributed by atoms with van der Waals surface area (Å²) in [4.78, 5) is 22.9. The van der Waals surface area contributed by atoms with Gasteiger partial charge >= 0.3 is 6.09 Å². The number of piperazine rings is 1. The number of carbonyl (C=O) groups excluding carboxylic acids is 1. The van der Waals surface area contributed by atoms with E-state index < -0.39 is 0 Å². The van der Waals surface area contributed by atoms with E-state index in [1.807, 2.05) is 31.0 Å². The van der Waals surface area contributed by atoms with Crippen molar-refractivity contribution in [3.05, 3.63) is 18.0 Å². The van der Waals surface area contributed by atoms with Crippen LogP contribution in [0.15, 0.2) is 17.4 Å². The van der Waals surface area contributed by atoms with E-state index in [0.29, 0.717) is 26.2 Å². The lowest BCUT2D eigenvalue weighted by atomic mass is 10.1. The largest absolute Gasteiger partial charge is 0.450 e. The van der Waals surface area contributed by atoms with E-state index in [2.05, 4.69) is 41.2 Å². The van der Waals surface area contributed by atoms with Crippen molar-refractivity contribution in [1.82, 2.24) is 29.8 Å². The molecular weight excluding hydrogens is 346 g/mol. The number of guanidine groups is 1. The molecule has 1 unspecified atom stereocenters. The van der Waals surface area contributed by atoms with Crippen molar-refractivity contribution in [2.45, 2.75) is 19.9 Å². The van der Waals surface area contributed by atoms with Crippen molar-refractivity contribution in [3.8, 4) is 0 Å². The van der Waals surface area contributed by atoms with Gasteiger partial charge in [0, 0.05) is 51.5 Å². The first-order valence-electron chi connectivity index (χ1n) is 9.56. The first-order valence-corrected chi connectivity index (χ1v) is 9.56. The fourth-order valence-electron chi connectivity index (χ4n) is 3.09. The monoisotopic (exact) mass is 379 g/mol. The zero-order valence-electron chi connectivity index (χ0n) is 17.2. The van der Waals surface area contributed by atoms with Crippen molar-refractivity contribution >= 4 is 12.1 Å². The molecule has 27 heavy (non-hydrogen) atoms. The Hall–Kier alpha value is -2.29. The molecule has 1 amide bonds. The Kier molecular flexibility index (Phi) is 7.90. The van der Waals surface area contributed by atoms with E-state index in [4.69, 9.17) is 9.73 Å². The van der Waals surface area contributed by atoms with E-state index in [0.717, 1.165) is 31.2 Å². The minimum Gasteiger partial charge on any atom is -0.450 e. The lowest BCUT2D eigenvalue weighted by Crippen LogP contribution is -2.54. The third-order valence-corrected chi connectivity index (χ3v) is 4.59. The summed E-state index contributed by atoms with van der Waals surface area (Å²) < 4.78 is 6.90. The number of aliphatic imine (C=N–C) groups is 1. The molecular formula is C18H33N7O2. The normalized spacial score (nSPS) is 16.6. The average Bonchev–Trinajstić information content (AvgIpc) is 3.07. The number of ether oxygens (including phenoxy) is 1. The van der Waals surface area contributed by atoms with Crippen molar-refractivity contribution in [2.75, 3.05) is 60.0 Å². The second kappa shape index (κ2) is 10.1. The van der Waals surface area contributed by atoms with Crippen LogP contribution < -0.4 is 5.32 Å². The van der Waals surface area contributed by atoms with Gasteiger partial charge < -0.3 is 24.8 Å². The molecule has 0 spiro atoms. The molecule has 1 aliphatic heterocycles. The van der Waals surface area contributed by atoms with Crippen LogP contribution in [0.2, 0.25) is 0 Å². The van der Waals surface area contributed by atoms with E-state index in [1.54, 1.807) is 4.90 Å². The maximum Gasteiger partial charge on any atom is 0.409 e. The summed E-state index contributed by atoms with van der Waals surface area (Å²) in [6.45, 7) is 8.50. The summed E-state index contributed by atoms with van der Waals surface area (Å²) in [5, 5.41) is 7.65. The molecule has 1 aromatic rings. The minimum atomic E-state index is -0.233. The van der Waals surface area contributed by atoms with Crippen LogP contribution in [-0.2, 0) is 11.8 Å². The van der Waals surface area contributed by atoms with Crippen molar-refractivity contribution < 1.29 is 9.53 Å². The van der Waals surface area contributed by atoms with Gasteiger partial charge in [-0.3, -0.25) is 9.67 Å². The smallest absolute Gasteiger partial charge is 0.409 e. The van der Waals surface area contributed by atoms with E-state index in [9.17, 15) is 4.79 Å². The van der Waals surface area contributed by atoms with Gasteiger partial charge in [-0.05, 0) is 27.9 Å². The Labute approximate surface area is 162 Å². The number of aryl methyl sites for hydroxylation is 1. The first-order chi connectivity index (χ1) is 13.0. The predicted octanol–water partition coefficient (Wildman–Crippen LogP) is 0.762. The van der Waals surface area contributed by atoms with Gasteiger partial charge in [0.2, 0.25) is 0 Å². The van der Waals surface area contributed by atoms with Crippen LogP contribution in [0.4, 0.5) is 4.79 Å². The molecule has 1 fully saturated rings. The van der Waals surface area contributed by atoms with E-state index >= 15 is 0 Å². The molecule has 152 valence electrons. The topological polar surface area (TPSA) is 78.2 Å². The van der Waals surface area contributed by atoms with E-state index in [1.165, 1.54) is 0 Å². The van der Waals surface area contributed by atoms with Crippen molar-refractivity contribution in [2.24, 2.45) is 12.0 Å². The highest BCUT2D eigenvalue weighted by molar-refractivity contribution is 5.80. The lowest BCUT2D eigenvalue weighted by Gasteiger charge is -2.36. The lowest BCUT2D eigenvalue weighted by molar-refractivity contribution is 0.0914. The van der Waals surface area contributed by atoms with Crippen LogP contribution in [0.3, 0.4) is 0 Å². The van der Waals surface area contributed by atoms with Gasteiger partial charge in [0.1, 0.15) is 0 Å². The van der Waals surface area contributed by atoms with Gasteiger partial charge in [-0.25, -0.2) is 4.79 Å². The highest BCUT2D eigenvalue weighted by Crippen LogP contribution is 2.18. The maximum absolute atomic E-state index is 11.9. The van der Waals surface area contributed by atoms with E-state index in [-0.39, 0.29) is 12.1 Å². The molecule has 9 heteroatoms. The third kappa shape index (κ3) is 5.85. The molecule has 1 aromatic heterocycles. The zero-order chi connectivity index (χ0) is 19.8. The predicted molar refractivity (Wildman–Crippen MR) is 106 cm³/mol. The molecule has 1 aliphatic rings. The minimum absolute atomic E-state index is 0.160. The van der Waals surface area contributed by atoms with Crippen molar-refractivity contribution in [1.29, 1.82) is 0 Å². The zero-order valence-corrected chi connectivity index (χ0v) is 17.2. The quantitative estimate of drug-likeness (QED) is 0.581. The number of hydrogen-bond acceptors (Lipinski definition) is 5. The number of carbonyl (C=O) groups is 1. The molecule has 0 aliphatic carbocycles. The molecule has 0 saturated carbocycles. The van der Waals surface area contributed by atoms with Gasteiger partial charge in [0.05, 0.1) is 25.4 Å². The second-order valence-corrected chi connectivity index (χ2v) is 6.79. The molecule has 0 aromatic carbocycles. The molecule has 1 saturated heterocycles. The molecule has 1 N–H and O–H groups in total. The number of rotatable bonds is 6. The Bertz CT molecular complexity index is 621. The number of aromatic nitrogens is 2. The van der Waals surface area contributed by atoms with Gasteiger partial charge in [0.15, 0.2) is 5.96 Å². The summed E-state index contributed by atoms with van der Waals surface area (Å²) in [6, 6.07) is 0.160. The Morgan fingerprint density at radius 1 is 1.30 bits per heavy atom. The average molecular weight is 380 g/mol. The summed E-state index contributed by atoms with van der Waals surface area (Å²) in [5.74, 6) is 0.886. The fraction of sp³-hybridized carbons (Fsp3) is 0.722. The first kappa shape index (κ1) is 21.0. The highest BCUT2D eigenvalue weighted by atomic mass is 16.6. The number of likely N-dealkylation sites (N-methyl/N-ethyl adjacent to an activating group) is 1. The number of hydrogen-bond donors (Lipinski definition) is 1. The maximum atomic E-state index is 11.9. The number of amides is 1. The summed E-state index contributed by atoms with van der Waals surface area (Å²) in [6.07, 6.45) is 3.69. The summed E-state index contributed by atoms with van der Waals surface area (Å²) in [5.41, 5.74) is 1.15. The van der Waals surface area contributed by atoms with Crippen LogP contribution in [-0.4, -0.2) is 96.5 Å². The van der Waals surface area contributed by atoms with Crippen LogP contribution in [0, 0.1) is 0 Å². The second-order valence-electron chi connectivity index (χ2n) is 6.79. The van der Waals surface area contributed by atoms with Gasteiger partial charge in [-0.15, -0.1) is 0 Å². The summed E-state index contributed by atoms with van der Waals surface area (Å²) in [7, 11) is 6.03. The number of nitrogens with zero attached hydrogens (tertiary/aromatic N) is 6. The van der Waals surface area contributed by atoms with Crippen LogP contribution in [0.25, 0.3) is 0 Å². The van der Waals surface area contributed by atoms with Gasteiger partial charge in [-0.2, -0.15) is 5.10 Å². The molecule has 2 heterocycles. The molecule has 2 rings (SSSR count).